The predicted octanol–water partition coefficient (Wildman–Crippen LogP) is 0.904. The minimum absolute atomic E-state index is 0.192. The molecule has 0 atom stereocenters. The highest BCUT2D eigenvalue weighted by molar-refractivity contribution is 5.49. The lowest BCUT2D eigenvalue weighted by atomic mass is 10.3. The molecule has 0 heterocycles. The Kier molecular flexibility index (Phi) is 6.85. The minimum Gasteiger partial charge on any atom is -0.396 e. The van der Waals surface area contributed by atoms with Crippen LogP contribution in [0.1, 0.15) is 19.3 Å². The summed E-state index contributed by atoms with van der Waals surface area (Å²) in [6.07, 6.45) is 6.75. The maximum Gasteiger partial charge on any atom is 0.120 e. The number of hydrogen-bond acceptors (Lipinski definition) is 2. The van der Waals surface area contributed by atoms with E-state index in [9.17, 15) is 4.79 Å². The highest BCUT2D eigenvalue weighted by atomic mass is 16.2. The van der Waals surface area contributed by atoms with E-state index in [2.05, 4.69) is 0 Å². The van der Waals surface area contributed by atoms with E-state index in [1.807, 2.05) is 12.2 Å². The number of hydrogen-bond donors (Lipinski definition) is 1. The molecule has 2 heteroatoms. The van der Waals surface area contributed by atoms with Crippen LogP contribution < -0.4 is 0 Å². The third kappa shape index (κ3) is 7.37. The fourth-order valence-corrected chi connectivity index (χ4v) is 0.475. The molecule has 0 aromatic carbocycles. The Morgan fingerprint density at radius 3 is 2.33 bits per heavy atom. The molecule has 1 N–H and O–H groups in total. The molecule has 52 valence electrons. The van der Waals surface area contributed by atoms with Gasteiger partial charge in [-0.25, -0.2) is 0 Å². The molecule has 0 saturated carbocycles. The topological polar surface area (TPSA) is 37.3 Å². The first kappa shape index (κ1) is 8.37. The van der Waals surface area contributed by atoms with Gasteiger partial charge in [0.05, 0.1) is 0 Å². The lowest BCUT2D eigenvalue weighted by Crippen LogP contribution is -1.76. The monoisotopic (exact) mass is 128 g/mol. The molecule has 0 aliphatic rings. The Morgan fingerprint density at radius 2 is 1.78 bits per heavy atom. The van der Waals surface area contributed by atoms with Crippen molar-refractivity contribution >= 4 is 6.29 Å². The van der Waals surface area contributed by atoms with Crippen molar-refractivity contribution in [3.05, 3.63) is 12.2 Å². The second-order valence-corrected chi connectivity index (χ2v) is 1.73. The van der Waals surface area contributed by atoms with Crippen LogP contribution in [0.2, 0.25) is 0 Å². The van der Waals surface area contributed by atoms with Crippen molar-refractivity contribution in [1.29, 1.82) is 0 Å². The molecular formula is C7H12O2. The molecule has 0 saturated heterocycles. The minimum atomic E-state index is 0.192. The average molecular weight is 128 g/mol. The molecule has 0 rings (SSSR count). The van der Waals surface area contributed by atoms with Crippen LogP contribution in [0.25, 0.3) is 0 Å². The zero-order chi connectivity index (χ0) is 6.95. The summed E-state index contributed by atoms with van der Waals surface area (Å²) in [6, 6.07) is 0. The van der Waals surface area contributed by atoms with E-state index < -0.39 is 0 Å². The first-order valence-electron chi connectivity index (χ1n) is 3.11. The van der Waals surface area contributed by atoms with E-state index in [4.69, 9.17) is 5.11 Å². The van der Waals surface area contributed by atoms with Gasteiger partial charge in [0.2, 0.25) is 0 Å². The first-order valence-corrected chi connectivity index (χ1v) is 3.11. The van der Waals surface area contributed by atoms with Crippen molar-refractivity contribution < 1.29 is 9.90 Å². The largest absolute Gasteiger partial charge is 0.396 e. The lowest BCUT2D eigenvalue weighted by molar-refractivity contribution is -0.107. The van der Waals surface area contributed by atoms with Gasteiger partial charge in [-0.15, -0.1) is 0 Å². The van der Waals surface area contributed by atoms with Crippen molar-refractivity contribution in [2.24, 2.45) is 0 Å². The standard InChI is InChI=1S/C7H12O2/c8-6-4-2-1-3-5-7-9/h1-2,7-8H,3-6H2/b2-1+. The quantitative estimate of drug-likeness (QED) is 0.339. The summed E-state index contributed by atoms with van der Waals surface area (Å²) >= 11 is 0. The van der Waals surface area contributed by atoms with Crippen molar-refractivity contribution in [2.45, 2.75) is 19.3 Å². The van der Waals surface area contributed by atoms with Gasteiger partial charge >= 0.3 is 0 Å². The van der Waals surface area contributed by atoms with Crippen LogP contribution in [0.15, 0.2) is 12.2 Å². The third-order valence-electron chi connectivity index (χ3n) is 0.914. The molecule has 9 heavy (non-hydrogen) atoms. The summed E-state index contributed by atoms with van der Waals surface area (Å²) in [4.78, 5) is 9.75. The van der Waals surface area contributed by atoms with Gasteiger partial charge in [-0.3, -0.25) is 0 Å². The molecule has 0 aromatic heterocycles. The summed E-state index contributed by atoms with van der Waals surface area (Å²) in [6.45, 7) is 0.192. The molecule has 0 radical (unpaired) electrons. The fourth-order valence-electron chi connectivity index (χ4n) is 0.475. The van der Waals surface area contributed by atoms with E-state index >= 15 is 0 Å². The van der Waals surface area contributed by atoms with Crippen molar-refractivity contribution in [1.82, 2.24) is 0 Å². The number of carbonyl (C=O) groups excluding carboxylic acids is 1. The Labute approximate surface area is 55.2 Å². The predicted molar refractivity (Wildman–Crippen MR) is 36.1 cm³/mol. The van der Waals surface area contributed by atoms with Gasteiger partial charge < -0.3 is 9.90 Å². The lowest BCUT2D eigenvalue weighted by Gasteiger charge is -1.83. The summed E-state index contributed by atoms with van der Waals surface area (Å²) in [5.74, 6) is 0. The number of aliphatic hydroxyl groups is 1. The highest BCUT2D eigenvalue weighted by Crippen LogP contribution is 1.88. The second-order valence-electron chi connectivity index (χ2n) is 1.73. The number of unbranched alkanes of at least 4 members (excludes halogenated alkanes) is 1. The molecule has 0 unspecified atom stereocenters. The Balaban J connectivity index is 2.94. The van der Waals surface area contributed by atoms with Crippen LogP contribution >= 0.6 is 0 Å². The highest BCUT2D eigenvalue weighted by Gasteiger charge is 1.76. The van der Waals surface area contributed by atoms with E-state index in [0.29, 0.717) is 12.8 Å². The number of allylic oxidation sites excluding steroid dienone is 1. The van der Waals surface area contributed by atoms with Gasteiger partial charge in [0.25, 0.3) is 0 Å². The van der Waals surface area contributed by atoms with Crippen LogP contribution in [-0.2, 0) is 4.79 Å². The zero-order valence-electron chi connectivity index (χ0n) is 5.42. The van der Waals surface area contributed by atoms with Crippen molar-refractivity contribution in [2.75, 3.05) is 6.61 Å². The smallest absolute Gasteiger partial charge is 0.120 e. The number of carbonyl (C=O) groups is 1. The summed E-state index contributed by atoms with van der Waals surface area (Å²) in [5.41, 5.74) is 0. The Bertz CT molecular complexity index is 86.9. The molecule has 0 spiro atoms. The second kappa shape index (κ2) is 7.37. The molecule has 0 aliphatic carbocycles. The maximum absolute atomic E-state index is 9.75. The molecule has 2 nitrogen and oxygen atoms in total. The average Bonchev–Trinajstić information content (AvgIpc) is 1.89. The van der Waals surface area contributed by atoms with E-state index in [1.54, 1.807) is 0 Å². The van der Waals surface area contributed by atoms with Gasteiger partial charge in [-0.05, 0) is 12.8 Å². The van der Waals surface area contributed by atoms with Crippen LogP contribution in [0.4, 0.5) is 0 Å². The maximum atomic E-state index is 9.75. The van der Waals surface area contributed by atoms with Gasteiger partial charge in [0, 0.05) is 13.0 Å². The van der Waals surface area contributed by atoms with Gasteiger partial charge in [-0.2, -0.15) is 0 Å². The van der Waals surface area contributed by atoms with Crippen LogP contribution in [0.3, 0.4) is 0 Å². The first-order chi connectivity index (χ1) is 4.41. The molecule has 0 amide bonds. The van der Waals surface area contributed by atoms with Crippen LogP contribution in [0.5, 0.6) is 0 Å². The van der Waals surface area contributed by atoms with E-state index in [-0.39, 0.29) is 6.61 Å². The van der Waals surface area contributed by atoms with Crippen molar-refractivity contribution in [3.63, 3.8) is 0 Å². The van der Waals surface area contributed by atoms with Crippen molar-refractivity contribution in [3.8, 4) is 0 Å². The molecule has 0 aliphatic heterocycles. The summed E-state index contributed by atoms with van der Waals surface area (Å²) in [7, 11) is 0. The SMILES string of the molecule is O=CCC/C=C/CCO. The molecular weight excluding hydrogens is 116 g/mol. The number of aliphatic hydroxyl groups excluding tert-OH is 1. The van der Waals surface area contributed by atoms with Gasteiger partial charge in [-0.1, -0.05) is 12.2 Å². The van der Waals surface area contributed by atoms with Gasteiger partial charge in [0.15, 0.2) is 0 Å². The Hall–Kier alpha value is -0.630. The zero-order valence-corrected chi connectivity index (χ0v) is 5.42. The Morgan fingerprint density at radius 1 is 1.11 bits per heavy atom. The van der Waals surface area contributed by atoms with E-state index in [0.717, 1.165) is 12.7 Å². The normalized spacial score (nSPS) is 10.3. The number of aldehydes is 1. The third-order valence-corrected chi connectivity index (χ3v) is 0.914. The summed E-state index contributed by atoms with van der Waals surface area (Å²) < 4.78 is 0. The van der Waals surface area contributed by atoms with E-state index in [1.165, 1.54) is 0 Å². The molecule has 0 aromatic rings. The molecule has 0 fully saturated rings. The molecule has 0 bridgehead atoms. The van der Waals surface area contributed by atoms with Crippen LogP contribution in [-0.4, -0.2) is 18.0 Å². The fraction of sp³-hybridized carbons (Fsp3) is 0.571. The van der Waals surface area contributed by atoms with Gasteiger partial charge in [0.1, 0.15) is 6.29 Å². The summed E-state index contributed by atoms with van der Waals surface area (Å²) in [5, 5.41) is 8.30. The van der Waals surface area contributed by atoms with Crippen LogP contribution in [0, 0.1) is 0 Å². The number of rotatable bonds is 5.